The predicted octanol–water partition coefficient (Wildman–Crippen LogP) is 2.38. The minimum Gasteiger partial charge on any atom is -0.326 e. The number of unbranched alkanes of at least 4 members (excludes halogenated alkanes) is 2. The van der Waals surface area contributed by atoms with Crippen LogP contribution in [0.25, 0.3) is 11.0 Å². The molecule has 0 bridgehead atoms. The molecule has 0 radical (unpaired) electrons. The quantitative estimate of drug-likeness (QED) is 0.709. The third-order valence-corrected chi connectivity index (χ3v) is 2.81. The smallest absolute Gasteiger partial charge is 0.323 e. The number of nitrogens with one attached hydrogen (secondary N) is 3. The summed E-state index contributed by atoms with van der Waals surface area (Å²) in [5.74, 6) is 0.0145. The SMILES string of the molecule is CCCCCC(=O)Nc1ccc2[nH]c(=O)[nH]c2c1. The van der Waals surface area contributed by atoms with Crippen LogP contribution in [-0.4, -0.2) is 15.9 Å². The van der Waals surface area contributed by atoms with Gasteiger partial charge in [0.2, 0.25) is 5.91 Å². The maximum Gasteiger partial charge on any atom is 0.323 e. The first-order valence-corrected chi connectivity index (χ1v) is 6.21. The first kappa shape index (κ1) is 12.4. The second-order valence-corrected chi connectivity index (χ2v) is 4.34. The molecule has 0 aliphatic rings. The summed E-state index contributed by atoms with van der Waals surface area (Å²) in [4.78, 5) is 28.1. The number of fused-ring (bicyclic) bond motifs is 1. The van der Waals surface area contributed by atoms with Crippen molar-refractivity contribution < 1.29 is 4.79 Å². The number of anilines is 1. The van der Waals surface area contributed by atoms with Gasteiger partial charge in [0, 0.05) is 12.1 Å². The number of imidazole rings is 1. The Morgan fingerprint density at radius 3 is 2.78 bits per heavy atom. The molecule has 0 atom stereocenters. The van der Waals surface area contributed by atoms with Crippen LogP contribution < -0.4 is 11.0 Å². The number of benzene rings is 1. The van der Waals surface area contributed by atoms with Gasteiger partial charge in [-0.3, -0.25) is 4.79 Å². The van der Waals surface area contributed by atoms with E-state index in [9.17, 15) is 9.59 Å². The Morgan fingerprint density at radius 2 is 2.00 bits per heavy atom. The number of aromatic amines is 2. The van der Waals surface area contributed by atoms with E-state index in [1.54, 1.807) is 18.2 Å². The number of H-pyrrole nitrogens is 2. The fraction of sp³-hybridized carbons (Fsp3) is 0.385. The predicted molar refractivity (Wildman–Crippen MR) is 71.7 cm³/mol. The van der Waals surface area contributed by atoms with E-state index in [-0.39, 0.29) is 11.6 Å². The highest BCUT2D eigenvalue weighted by molar-refractivity contribution is 5.92. The summed E-state index contributed by atoms with van der Waals surface area (Å²) in [6.45, 7) is 2.11. The van der Waals surface area contributed by atoms with Gasteiger partial charge in [0.15, 0.2) is 0 Å². The minimum absolute atomic E-state index is 0.0145. The van der Waals surface area contributed by atoms with Crippen molar-refractivity contribution in [3.05, 3.63) is 28.7 Å². The van der Waals surface area contributed by atoms with Crippen LogP contribution >= 0.6 is 0 Å². The summed E-state index contributed by atoms with van der Waals surface area (Å²) < 4.78 is 0. The van der Waals surface area contributed by atoms with Gasteiger partial charge in [0.25, 0.3) is 0 Å². The van der Waals surface area contributed by atoms with Crippen molar-refractivity contribution in [1.29, 1.82) is 0 Å². The maximum atomic E-state index is 11.6. The third kappa shape index (κ3) is 3.00. The molecule has 1 aromatic heterocycles. The summed E-state index contributed by atoms with van der Waals surface area (Å²) in [5.41, 5.74) is 1.91. The second kappa shape index (κ2) is 5.53. The molecule has 5 nitrogen and oxygen atoms in total. The van der Waals surface area contributed by atoms with Crippen molar-refractivity contribution in [2.45, 2.75) is 32.6 Å². The normalized spacial score (nSPS) is 10.7. The van der Waals surface area contributed by atoms with Crippen molar-refractivity contribution in [1.82, 2.24) is 9.97 Å². The molecular weight excluding hydrogens is 230 g/mol. The summed E-state index contributed by atoms with van der Waals surface area (Å²) in [6.07, 6.45) is 3.61. The Kier molecular flexibility index (Phi) is 3.82. The number of rotatable bonds is 5. The number of carbonyl (C=O) groups is 1. The molecule has 3 N–H and O–H groups in total. The van der Waals surface area contributed by atoms with Crippen molar-refractivity contribution >= 4 is 22.6 Å². The highest BCUT2D eigenvalue weighted by Crippen LogP contribution is 2.15. The maximum absolute atomic E-state index is 11.6. The lowest BCUT2D eigenvalue weighted by molar-refractivity contribution is -0.116. The van der Waals surface area contributed by atoms with Gasteiger partial charge in [0.1, 0.15) is 0 Å². The van der Waals surface area contributed by atoms with Crippen LogP contribution in [0.5, 0.6) is 0 Å². The van der Waals surface area contributed by atoms with Gasteiger partial charge >= 0.3 is 5.69 Å². The molecule has 96 valence electrons. The molecule has 0 aliphatic carbocycles. The third-order valence-electron chi connectivity index (χ3n) is 2.81. The second-order valence-electron chi connectivity index (χ2n) is 4.34. The minimum atomic E-state index is -0.239. The van der Waals surface area contributed by atoms with Crippen LogP contribution in [0, 0.1) is 0 Å². The highest BCUT2D eigenvalue weighted by Gasteiger charge is 2.04. The van der Waals surface area contributed by atoms with Gasteiger partial charge < -0.3 is 15.3 Å². The molecule has 0 spiro atoms. The van der Waals surface area contributed by atoms with E-state index in [0.717, 1.165) is 24.8 Å². The van der Waals surface area contributed by atoms with Gasteiger partial charge in [0.05, 0.1) is 11.0 Å². The van der Waals surface area contributed by atoms with E-state index in [2.05, 4.69) is 22.2 Å². The Morgan fingerprint density at radius 1 is 1.22 bits per heavy atom. The molecule has 1 aromatic carbocycles. The molecule has 2 rings (SSSR count). The summed E-state index contributed by atoms with van der Waals surface area (Å²) in [5, 5.41) is 2.83. The molecule has 1 heterocycles. The molecular formula is C13H17N3O2. The van der Waals surface area contributed by atoms with E-state index >= 15 is 0 Å². The lowest BCUT2D eigenvalue weighted by Gasteiger charge is -2.04. The molecule has 2 aromatic rings. The van der Waals surface area contributed by atoms with Crippen molar-refractivity contribution in [3.8, 4) is 0 Å². The topological polar surface area (TPSA) is 77.8 Å². The first-order valence-electron chi connectivity index (χ1n) is 6.21. The zero-order chi connectivity index (χ0) is 13.0. The van der Waals surface area contributed by atoms with Gasteiger partial charge in [-0.1, -0.05) is 19.8 Å². The Balaban J connectivity index is 2.02. The number of amides is 1. The lowest BCUT2D eigenvalue weighted by atomic mass is 10.2. The fourth-order valence-electron chi connectivity index (χ4n) is 1.87. The van der Waals surface area contributed by atoms with Crippen LogP contribution in [0.4, 0.5) is 5.69 Å². The zero-order valence-electron chi connectivity index (χ0n) is 10.4. The molecule has 0 unspecified atom stereocenters. The number of carbonyl (C=O) groups excluding carboxylic acids is 1. The van der Waals surface area contributed by atoms with Crippen molar-refractivity contribution in [2.75, 3.05) is 5.32 Å². The summed E-state index contributed by atoms with van der Waals surface area (Å²) >= 11 is 0. The number of aromatic nitrogens is 2. The summed E-state index contributed by atoms with van der Waals surface area (Å²) in [7, 11) is 0. The standard InChI is InChI=1S/C13H17N3O2/c1-2-3-4-5-12(17)14-9-6-7-10-11(8-9)16-13(18)15-10/h6-8H,2-5H2,1H3,(H,14,17)(H2,15,16,18). The van der Waals surface area contributed by atoms with Gasteiger partial charge in [-0.15, -0.1) is 0 Å². The van der Waals surface area contributed by atoms with E-state index in [0.29, 0.717) is 17.6 Å². The summed E-state index contributed by atoms with van der Waals surface area (Å²) in [6, 6.07) is 5.31. The average molecular weight is 247 g/mol. The van der Waals surface area contributed by atoms with E-state index in [4.69, 9.17) is 0 Å². The molecule has 0 saturated carbocycles. The van der Waals surface area contributed by atoms with Crippen LogP contribution in [0.1, 0.15) is 32.6 Å². The van der Waals surface area contributed by atoms with Gasteiger partial charge in [-0.2, -0.15) is 0 Å². The van der Waals surface area contributed by atoms with Gasteiger partial charge in [-0.25, -0.2) is 4.79 Å². The fourth-order valence-corrected chi connectivity index (χ4v) is 1.87. The zero-order valence-corrected chi connectivity index (χ0v) is 10.4. The Labute approximate surface area is 105 Å². The molecule has 18 heavy (non-hydrogen) atoms. The molecule has 0 saturated heterocycles. The monoisotopic (exact) mass is 247 g/mol. The highest BCUT2D eigenvalue weighted by atomic mass is 16.1. The van der Waals surface area contributed by atoms with Crippen molar-refractivity contribution in [3.63, 3.8) is 0 Å². The molecule has 5 heteroatoms. The van der Waals surface area contributed by atoms with Crippen LogP contribution in [0.2, 0.25) is 0 Å². The molecule has 1 amide bonds. The van der Waals surface area contributed by atoms with Gasteiger partial charge in [-0.05, 0) is 24.6 Å². The number of hydrogen-bond donors (Lipinski definition) is 3. The molecule has 0 aliphatic heterocycles. The van der Waals surface area contributed by atoms with Crippen LogP contribution in [-0.2, 0) is 4.79 Å². The first-order chi connectivity index (χ1) is 8.69. The number of hydrogen-bond acceptors (Lipinski definition) is 2. The van der Waals surface area contributed by atoms with E-state index in [1.165, 1.54) is 0 Å². The van der Waals surface area contributed by atoms with E-state index in [1.807, 2.05) is 0 Å². The Hall–Kier alpha value is -2.04. The van der Waals surface area contributed by atoms with Crippen LogP contribution in [0.15, 0.2) is 23.0 Å². The van der Waals surface area contributed by atoms with Crippen LogP contribution in [0.3, 0.4) is 0 Å². The van der Waals surface area contributed by atoms with E-state index < -0.39 is 0 Å². The largest absolute Gasteiger partial charge is 0.326 e. The lowest BCUT2D eigenvalue weighted by Crippen LogP contribution is -2.10. The Bertz CT molecular complexity index is 598. The molecule has 0 fully saturated rings. The average Bonchev–Trinajstić information content (AvgIpc) is 2.69. The van der Waals surface area contributed by atoms with Crippen molar-refractivity contribution in [2.24, 2.45) is 0 Å².